The summed E-state index contributed by atoms with van der Waals surface area (Å²) < 4.78 is 12.5. The lowest BCUT2D eigenvalue weighted by Crippen LogP contribution is -2.29. The van der Waals surface area contributed by atoms with Crippen LogP contribution in [-0.4, -0.2) is 36.2 Å². The van der Waals surface area contributed by atoms with Gasteiger partial charge in [0.25, 0.3) is 0 Å². The fraction of sp³-hybridized carbons (Fsp3) is 0.290. The van der Waals surface area contributed by atoms with Gasteiger partial charge in [-0.2, -0.15) is 0 Å². The van der Waals surface area contributed by atoms with Gasteiger partial charge in [0.15, 0.2) is 0 Å². The molecular formula is C62H65N3O2. The summed E-state index contributed by atoms with van der Waals surface area (Å²) >= 11 is 0. The summed E-state index contributed by atoms with van der Waals surface area (Å²) in [5, 5.41) is 0. The molecule has 9 rings (SSSR count). The first-order valence-electron chi connectivity index (χ1n) is 24.6. The zero-order valence-electron chi connectivity index (χ0n) is 40.1. The van der Waals surface area contributed by atoms with E-state index in [0.29, 0.717) is 42.8 Å². The van der Waals surface area contributed by atoms with Crippen LogP contribution in [0.5, 0.6) is 5.75 Å². The number of rotatable bonds is 17. The number of allylic oxidation sites excluding steroid dienone is 10. The van der Waals surface area contributed by atoms with Gasteiger partial charge in [-0.3, -0.25) is 0 Å². The number of aliphatic imine (C=N–C) groups is 2. The molecule has 0 spiro atoms. The molecule has 5 heteroatoms. The Balaban J connectivity index is 1.06. The predicted molar refractivity (Wildman–Crippen MR) is 281 cm³/mol. The molecule has 1 aromatic heterocycles. The van der Waals surface area contributed by atoms with Crippen molar-refractivity contribution < 1.29 is 9.47 Å². The van der Waals surface area contributed by atoms with Crippen LogP contribution < -0.4 is 4.74 Å². The molecule has 3 aliphatic heterocycles. The lowest BCUT2D eigenvalue weighted by molar-refractivity contribution is 0.0592. The summed E-state index contributed by atoms with van der Waals surface area (Å²) in [5.74, 6) is 4.24. The number of ether oxygens (including phenoxy) is 2. The van der Waals surface area contributed by atoms with Crippen LogP contribution in [0.15, 0.2) is 196 Å². The summed E-state index contributed by atoms with van der Waals surface area (Å²) in [4.78, 5) is 14.8. The van der Waals surface area contributed by atoms with Crippen LogP contribution >= 0.6 is 0 Å². The summed E-state index contributed by atoms with van der Waals surface area (Å²) in [6, 6.07) is 44.8. The van der Waals surface area contributed by atoms with Crippen LogP contribution in [0.25, 0.3) is 22.3 Å². The molecule has 0 fully saturated rings. The number of benzene rings is 4. The Kier molecular flexibility index (Phi) is 14.3. The minimum absolute atomic E-state index is 0.501. The van der Waals surface area contributed by atoms with Crippen LogP contribution in [0.4, 0.5) is 0 Å². The predicted octanol–water partition coefficient (Wildman–Crippen LogP) is 15.2. The topological polar surface area (TPSA) is 59.0 Å². The summed E-state index contributed by atoms with van der Waals surface area (Å²) in [5.41, 5.74) is 16.9. The van der Waals surface area contributed by atoms with E-state index in [4.69, 9.17) is 19.5 Å². The second-order valence-electron chi connectivity index (χ2n) is 18.8. The van der Waals surface area contributed by atoms with Gasteiger partial charge in [-0.25, -0.2) is 9.98 Å². The van der Waals surface area contributed by atoms with Gasteiger partial charge < -0.3 is 14.5 Å². The maximum Gasteiger partial charge on any atom is 0.119 e. The average Bonchev–Trinajstić information content (AvgIpc) is 4.23. The van der Waals surface area contributed by atoms with Crippen LogP contribution in [0, 0.1) is 29.6 Å². The minimum Gasteiger partial charge on any atom is -0.491 e. The molecule has 0 saturated heterocycles. The zero-order chi connectivity index (χ0) is 46.3. The highest BCUT2D eigenvalue weighted by atomic mass is 16.5. The molecule has 0 saturated carbocycles. The van der Waals surface area contributed by atoms with Gasteiger partial charge in [0.1, 0.15) is 12.4 Å². The van der Waals surface area contributed by atoms with Crippen molar-refractivity contribution in [2.75, 3.05) is 19.8 Å². The first kappa shape index (κ1) is 45.6. The molecule has 8 bridgehead atoms. The molecule has 1 N–H and O–H groups in total. The van der Waals surface area contributed by atoms with E-state index in [0.717, 1.165) is 104 Å². The third-order valence-electron chi connectivity index (χ3n) is 14.9. The molecule has 4 aromatic carbocycles. The molecule has 4 aliphatic rings. The van der Waals surface area contributed by atoms with Gasteiger partial charge in [0.05, 0.1) is 29.4 Å². The van der Waals surface area contributed by atoms with Crippen molar-refractivity contribution in [2.24, 2.45) is 39.6 Å². The smallest absolute Gasteiger partial charge is 0.119 e. The van der Waals surface area contributed by atoms with E-state index in [9.17, 15) is 0 Å². The van der Waals surface area contributed by atoms with Crippen LogP contribution in [-0.2, 0) is 4.74 Å². The van der Waals surface area contributed by atoms with Crippen molar-refractivity contribution >= 4 is 33.7 Å². The normalized spacial score (nSPS) is 17.8. The second-order valence-corrected chi connectivity index (χ2v) is 18.8. The largest absolute Gasteiger partial charge is 0.491 e. The third-order valence-corrected chi connectivity index (χ3v) is 14.9. The molecular weight excluding hydrogens is 819 g/mol. The van der Waals surface area contributed by atoms with E-state index in [2.05, 4.69) is 210 Å². The molecule has 0 amide bonds. The van der Waals surface area contributed by atoms with Gasteiger partial charge in [0.2, 0.25) is 0 Å². The van der Waals surface area contributed by atoms with E-state index in [1.54, 1.807) is 0 Å². The molecule has 4 heterocycles. The van der Waals surface area contributed by atoms with Crippen LogP contribution in [0.3, 0.4) is 0 Å². The zero-order valence-corrected chi connectivity index (χ0v) is 40.1. The molecule has 4 atom stereocenters. The number of H-pyrrole nitrogens is 1. The number of fused-ring (bicyclic) bond motifs is 6. The molecule has 1 aliphatic carbocycles. The van der Waals surface area contributed by atoms with E-state index in [-0.39, 0.29) is 0 Å². The number of nitrogens with zero attached hydrogens (tertiary/aromatic N) is 2. The highest BCUT2D eigenvalue weighted by Crippen LogP contribution is 2.42. The van der Waals surface area contributed by atoms with Crippen molar-refractivity contribution in [2.45, 2.75) is 67.2 Å². The SMILES string of the molecule is CCC(C)C(C)C(CCOCCOc1ccc(C2=C3C=CC(=N3)C(c3ccccc3)=C3C=CC(=C(c4ccccc4)C4=NC(=C(c5ccccc5)c5ccc2[nH]5)C=C4)C3)cc1)C(C)C(C)CC. The van der Waals surface area contributed by atoms with Gasteiger partial charge >= 0.3 is 0 Å². The van der Waals surface area contributed by atoms with Gasteiger partial charge in [0, 0.05) is 40.3 Å². The molecule has 5 nitrogen and oxygen atoms in total. The highest BCUT2D eigenvalue weighted by Gasteiger charge is 2.30. The lowest BCUT2D eigenvalue weighted by Gasteiger charge is -2.36. The molecule has 5 aromatic rings. The number of nitrogens with one attached hydrogen (secondary N) is 1. The Morgan fingerprint density at radius 2 is 0.925 bits per heavy atom. The maximum atomic E-state index is 6.30. The van der Waals surface area contributed by atoms with Gasteiger partial charge in [-0.1, -0.05) is 170 Å². The summed E-state index contributed by atoms with van der Waals surface area (Å²) in [7, 11) is 0. The van der Waals surface area contributed by atoms with Crippen molar-refractivity contribution in [3.05, 3.63) is 220 Å². The van der Waals surface area contributed by atoms with Crippen molar-refractivity contribution in [1.29, 1.82) is 0 Å². The van der Waals surface area contributed by atoms with Crippen molar-refractivity contribution in [1.82, 2.24) is 4.98 Å². The molecule has 0 radical (unpaired) electrons. The number of hydrogen-bond acceptors (Lipinski definition) is 4. The first-order chi connectivity index (χ1) is 32.8. The van der Waals surface area contributed by atoms with E-state index < -0.39 is 0 Å². The first-order valence-corrected chi connectivity index (χ1v) is 24.6. The highest BCUT2D eigenvalue weighted by molar-refractivity contribution is 6.34. The second kappa shape index (κ2) is 20.9. The number of aromatic amines is 1. The average molecular weight is 884 g/mol. The van der Waals surface area contributed by atoms with Gasteiger partial charge in [-0.15, -0.1) is 0 Å². The van der Waals surface area contributed by atoms with Crippen LogP contribution in [0.1, 0.15) is 101 Å². The molecule has 4 unspecified atom stereocenters. The Morgan fingerprint density at radius 1 is 0.478 bits per heavy atom. The van der Waals surface area contributed by atoms with Gasteiger partial charge in [-0.05, 0) is 124 Å². The van der Waals surface area contributed by atoms with Crippen LogP contribution in [0.2, 0.25) is 0 Å². The number of hydrogen-bond donors (Lipinski definition) is 1. The fourth-order valence-corrected chi connectivity index (χ4v) is 10.4. The Hall–Kier alpha value is -6.56. The third kappa shape index (κ3) is 9.94. The van der Waals surface area contributed by atoms with E-state index >= 15 is 0 Å². The quantitative estimate of drug-likeness (QED) is 0.0946. The van der Waals surface area contributed by atoms with E-state index in [1.165, 1.54) is 24.0 Å². The molecule has 340 valence electrons. The standard InChI is InChI=1S/C62H65N3O2/c1-7-41(3)43(5)52(44(6)42(4)8-2)36-37-66-38-39-67-51-28-26-48(27-29-51)62-57-33-31-54(64-57)60(46-20-14-10-15-21-46)50-25-24-49(40-50)59(45-18-12-9-13-19-45)53-30-32-55(63-53)61(47-22-16-11-17-23-47)56-34-35-58(62)65-56/h9-35,41-44,52,65H,7-8,36-40H2,1-6H3. The Labute approximate surface area is 398 Å². The Bertz CT molecular complexity index is 2810. The number of aromatic nitrogens is 1. The lowest BCUT2D eigenvalue weighted by atomic mass is 9.70. The van der Waals surface area contributed by atoms with E-state index in [1.807, 2.05) is 0 Å². The summed E-state index contributed by atoms with van der Waals surface area (Å²) in [6.07, 6.45) is 17.5. The fourth-order valence-electron chi connectivity index (χ4n) is 10.4. The minimum atomic E-state index is 0.501. The van der Waals surface area contributed by atoms with Crippen molar-refractivity contribution in [3.63, 3.8) is 0 Å². The Morgan fingerprint density at radius 3 is 1.39 bits per heavy atom. The monoisotopic (exact) mass is 884 g/mol. The maximum absolute atomic E-state index is 6.30. The molecule has 67 heavy (non-hydrogen) atoms. The summed E-state index contributed by atoms with van der Waals surface area (Å²) in [6.45, 7) is 16.2. The van der Waals surface area contributed by atoms with Crippen molar-refractivity contribution in [3.8, 4) is 5.75 Å².